The van der Waals surface area contributed by atoms with Crippen molar-refractivity contribution in [2.45, 2.75) is 19.8 Å². The zero-order chi connectivity index (χ0) is 14.3. The van der Waals surface area contributed by atoms with Crippen LogP contribution in [0.1, 0.15) is 18.9 Å². The van der Waals surface area contributed by atoms with Crippen LogP contribution in [0.3, 0.4) is 0 Å². The van der Waals surface area contributed by atoms with Crippen molar-refractivity contribution in [1.82, 2.24) is 5.32 Å². The van der Waals surface area contributed by atoms with Crippen molar-refractivity contribution in [2.75, 3.05) is 13.7 Å². The van der Waals surface area contributed by atoms with E-state index in [1.54, 1.807) is 14.0 Å². The van der Waals surface area contributed by atoms with Crippen LogP contribution in [-0.2, 0) is 16.0 Å². The van der Waals surface area contributed by atoms with Crippen LogP contribution in [0, 0.1) is 5.92 Å². The maximum absolute atomic E-state index is 11.6. The number of nitrogens with one attached hydrogen (secondary N) is 1. The summed E-state index contributed by atoms with van der Waals surface area (Å²) >= 11 is 0. The summed E-state index contributed by atoms with van der Waals surface area (Å²) in [4.78, 5) is 22.5. The summed E-state index contributed by atoms with van der Waals surface area (Å²) in [5.74, 6) is -1.73. The average molecular weight is 265 g/mol. The molecule has 1 aromatic rings. The molecule has 1 atom stereocenters. The first-order chi connectivity index (χ1) is 9.10. The van der Waals surface area contributed by atoms with Crippen molar-refractivity contribution in [3.63, 3.8) is 0 Å². The highest BCUT2D eigenvalue weighted by Crippen LogP contribution is 2.17. The van der Waals surface area contributed by atoms with Crippen LogP contribution in [0.4, 0.5) is 0 Å². The molecule has 5 heteroatoms. The molecular weight excluding hydrogens is 246 g/mol. The van der Waals surface area contributed by atoms with Gasteiger partial charge < -0.3 is 15.2 Å². The second-order valence-electron chi connectivity index (χ2n) is 4.15. The number of carboxylic acid groups (broad SMARTS) is 1. The summed E-state index contributed by atoms with van der Waals surface area (Å²) in [5.41, 5.74) is 0.980. The third-order valence-corrected chi connectivity index (χ3v) is 2.91. The zero-order valence-electron chi connectivity index (χ0n) is 11.2. The van der Waals surface area contributed by atoms with Crippen LogP contribution in [0.5, 0.6) is 5.75 Å². The van der Waals surface area contributed by atoms with Gasteiger partial charge in [-0.05, 0) is 24.5 Å². The molecule has 0 aliphatic carbocycles. The van der Waals surface area contributed by atoms with Crippen molar-refractivity contribution in [3.05, 3.63) is 29.8 Å². The minimum Gasteiger partial charge on any atom is -0.496 e. The van der Waals surface area contributed by atoms with E-state index in [0.29, 0.717) is 13.0 Å². The minimum absolute atomic E-state index is 0.288. The summed E-state index contributed by atoms with van der Waals surface area (Å²) in [5, 5.41) is 11.5. The molecule has 0 aromatic heterocycles. The molecule has 0 heterocycles. The highest BCUT2D eigenvalue weighted by Gasteiger charge is 2.23. The van der Waals surface area contributed by atoms with Gasteiger partial charge in [0.2, 0.25) is 5.91 Å². The summed E-state index contributed by atoms with van der Waals surface area (Å²) in [6.07, 6.45) is 0.891. The van der Waals surface area contributed by atoms with Crippen LogP contribution >= 0.6 is 0 Å². The van der Waals surface area contributed by atoms with Gasteiger partial charge >= 0.3 is 5.97 Å². The smallest absolute Gasteiger partial charge is 0.316 e. The molecule has 1 aromatic carbocycles. The third-order valence-electron chi connectivity index (χ3n) is 2.91. The minimum atomic E-state index is -1.09. The van der Waals surface area contributed by atoms with Crippen LogP contribution in [0.2, 0.25) is 0 Å². The molecule has 2 N–H and O–H groups in total. The van der Waals surface area contributed by atoms with Gasteiger partial charge in [0.1, 0.15) is 11.7 Å². The van der Waals surface area contributed by atoms with Gasteiger partial charge in [-0.15, -0.1) is 0 Å². The van der Waals surface area contributed by atoms with Crippen LogP contribution < -0.4 is 10.1 Å². The van der Waals surface area contributed by atoms with Gasteiger partial charge in [0.05, 0.1) is 7.11 Å². The average Bonchev–Trinajstić information content (AvgIpc) is 2.39. The number of aliphatic carboxylic acids is 1. The number of hydrogen-bond acceptors (Lipinski definition) is 3. The lowest BCUT2D eigenvalue weighted by Crippen LogP contribution is -2.36. The van der Waals surface area contributed by atoms with Crippen molar-refractivity contribution in [2.24, 2.45) is 5.92 Å². The Kier molecular flexibility index (Phi) is 5.85. The van der Waals surface area contributed by atoms with E-state index >= 15 is 0 Å². The quantitative estimate of drug-likeness (QED) is 0.732. The molecule has 0 fully saturated rings. The Bertz CT molecular complexity index is 445. The fraction of sp³-hybridized carbons (Fsp3) is 0.429. The molecule has 1 amide bonds. The molecule has 104 valence electrons. The number of para-hydroxylation sites is 1. The summed E-state index contributed by atoms with van der Waals surface area (Å²) < 4.78 is 5.20. The summed E-state index contributed by atoms with van der Waals surface area (Å²) in [7, 11) is 1.59. The molecule has 1 unspecified atom stereocenters. The van der Waals surface area contributed by atoms with Crippen molar-refractivity contribution in [3.8, 4) is 5.75 Å². The number of ether oxygens (including phenoxy) is 1. The Morgan fingerprint density at radius 1 is 1.37 bits per heavy atom. The first-order valence-electron chi connectivity index (χ1n) is 6.22. The molecule has 19 heavy (non-hydrogen) atoms. The number of carbonyl (C=O) groups excluding carboxylic acids is 1. The van der Waals surface area contributed by atoms with Crippen molar-refractivity contribution < 1.29 is 19.4 Å². The Morgan fingerprint density at radius 2 is 2.05 bits per heavy atom. The van der Waals surface area contributed by atoms with Crippen molar-refractivity contribution >= 4 is 11.9 Å². The maximum atomic E-state index is 11.6. The lowest BCUT2D eigenvalue weighted by atomic mass is 10.1. The van der Waals surface area contributed by atoms with E-state index in [1.807, 2.05) is 24.3 Å². The standard InChI is InChI=1S/C14H19NO4/c1-3-11(14(17)18)13(16)15-9-8-10-6-4-5-7-12(10)19-2/h4-7,11H,3,8-9H2,1-2H3,(H,15,16)(H,17,18). The molecule has 0 saturated heterocycles. The van der Waals surface area contributed by atoms with Crippen molar-refractivity contribution in [1.29, 1.82) is 0 Å². The van der Waals surface area contributed by atoms with Gasteiger partial charge in [-0.2, -0.15) is 0 Å². The number of amides is 1. The third kappa shape index (κ3) is 4.28. The molecule has 0 bridgehead atoms. The summed E-state index contributed by atoms with van der Waals surface area (Å²) in [6.45, 7) is 2.07. The van der Waals surface area contributed by atoms with Gasteiger partial charge in [-0.1, -0.05) is 25.1 Å². The lowest BCUT2D eigenvalue weighted by Gasteiger charge is -2.12. The normalized spacial score (nSPS) is 11.7. The molecule has 1 rings (SSSR count). The number of carboxylic acids is 1. The van der Waals surface area contributed by atoms with Crippen LogP contribution in [0.15, 0.2) is 24.3 Å². The van der Waals surface area contributed by atoms with E-state index in [2.05, 4.69) is 5.32 Å². The second kappa shape index (κ2) is 7.41. The van der Waals surface area contributed by atoms with Gasteiger partial charge in [0.15, 0.2) is 0 Å². The number of rotatable bonds is 7. The van der Waals surface area contributed by atoms with Gasteiger partial charge in [-0.3, -0.25) is 9.59 Å². The Balaban J connectivity index is 2.50. The summed E-state index contributed by atoms with van der Waals surface area (Å²) in [6, 6.07) is 7.53. The fourth-order valence-electron chi connectivity index (χ4n) is 1.83. The SMILES string of the molecule is CCC(C(=O)O)C(=O)NCCc1ccccc1OC. The van der Waals surface area contributed by atoms with E-state index in [4.69, 9.17) is 9.84 Å². The van der Waals surface area contributed by atoms with E-state index in [1.165, 1.54) is 0 Å². The molecule has 0 saturated carbocycles. The first kappa shape index (κ1) is 15.0. The lowest BCUT2D eigenvalue weighted by molar-refractivity contribution is -0.147. The first-order valence-corrected chi connectivity index (χ1v) is 6.22. The van der Waals surface area contributed by atoms with Crippen LogP contribution in [0.25, 0.3) is 0 Å². The second-order valence-corrected chi connectivity index (χ2v) is 4.15. The van der Waals surface area contributed by atoms with E-state index in [0.717, 1.165) is 11.3 Å². The predicted molar refractivity (Wildman–Crippen MR) is 71.1 cm³/mol. The molecular formula is C14H19NO4. The Morgan fingerprint density at radius 3 is 2.63 bits per heavy atom. The Labute approximate surface area is 112 Å². The number of benzene rings is 1. The van der Waals surface area contributed by atoms with Gasteiger partial charge in [-0.25, -0.2) is 0 Å². The van der Waals surface area contributed by atoms with E-state index in [-0.39, 0.29) is 6.42 Å². The molecule has 0 aliphatic rings. The van der Waals surface area contributed by atoms with Gasteiger partial charge in [0, 0.05) is 6.54 Å². The molecule has 5 nitrogen and oxygen atoms in total. The topological polar surface area (TPSA) is 75.6 Å². The zero-order valence-corrected chi connectivity index (χ0v) is 11.2. The maximum Gasteiger partial charge on any atom is 0.316 e. The number of hydrogen-bond donors (Lipinski definition) is 2. The molecule has 0 aliphatic heterocycles. The van der Waals surface area contributed by atoms with Crippen LogP contribution in [-0.4, -0.2) is 30.6 Å². The monoisotopic (exact) mass is 265 g/mol. The largest absolute Gasteiger partial charge is 0.496 e. The fourth-order valence-corrected chi connectivity index (χ4v) is 1.83. The Hall–Kier alpha value is -2.04. The highest BCUT2D eigenvalue weighted by atomic mass is 16.5. The predicted octanol–water partition coefficient (Wildman–Crippen LogP) is 1.46. The molecule has 0 spiro atoms. The van der Waals surface area contributed by atoms with E-state index in [9.17, 15) is 9.59 Å². The number of carbonyl (C=O) groups is 2. The van der Waals surface area contributed by atoms with Gasteiger partial charge in [0.25, 0.3) is 0 Å². The highest BCUT2D eigenvalue weighted by molar-refractivity contribution is 5.96. The number of methoxy groups -OCH3 is 1. The van der Waals surface area contributed by atoms with E-state index < -0.39 is 17.8 Å². The molecule has 0 radical (unpaired) electrons.